The highest BCUT2D eigenvalue weighted by Crippen LogP contribution is 2.47. The van der Waals surface area contributed by atoms with Crippen molar-refractivity contribution in [3.63, 3.8) is 0 Å². The van der Waals surface area contributed by atoms with Crippen molar-refractivity contribution in [3.05, 3.63) is 117 Å². The molecule has 1 atom stereocenters. The number of hydrogen-bond acceptors (Lipinski definition) is 5. The van der Waals surface area contributed by atoms with E-state index in [1.807, 2.05) is 19.1 Å². The van der Waals surface area contributed by atoms with E-state index in [4.69, 9.17) is 5.73 Å². The lowest BCUT2D eigenvalue weighted by Gasteiger charge is -2.40. The minimum absolute atomic E-state index is 0.0411. The van der Waals surface area contributed by atoms with Gasteiger partial charge in [-0.25, -0.2) is 4.39 Å². The zero-order valence-corrected chi connectivity index (χ0v) is 22.7. The number of ketones is 1. The molecule has 2 aliphatic rings. The molecular weight excluding hydrogens is 493 g/mol. The first-order valence-electron chi connectivity index (χ1n) is 12.8. The number of rotatable bonds is 5. The fourth-order valence-corrected chi connectivity index (χ4v) is 6.63. The lowest BCUT2D eigenvalue weighted by molar-refractivity contribution is -0.116. The molecule has 5 rings (SSSR count). The monoisotopic (exact) mass is 523 g/mol. The van der Waals surface area contributed by atoms with E-state index in [1.54, 1.807) is 28.8 Å². The molecule has 4 nitrogen and oxygen atoms in total. The van der Waals surface area contributed by atoms with Crippen LogP contribution in [0.15, 0.2) is 88.2 Å². The van der Waals surface area contributed by atoms with E-state index >= 15 is 0 Å². The van der Waals surface area contributed by atoms with Gasteiger partial charge in [-0.2, -0.15) is 5.26 Å². The Morgan fingerprint density at radius 1 is 1.03 bits per heavy atom. The molecule has 1 unspecified atom stereocenters. The molecule has 3 aromatic carbocycles. The molecule has 0 fully saturated rings. The van der Waals surface area contributed by atoms with Crippen molar-refractivity contribution in [2.24, 2.45) is 5.73 Å². The number of nitrogens with zero attached hydrogens (tertiary/aromatic N) is 2. The Balaban J connectivity index is 1.63. The van der Waals surface area contributed by atoms with Gasteiger partial charge in [-0.1, -0.05) is 30.3 Å². The standard InChI is InChI=1S/C32H30FN3OS/c1-19-7-4-5-10-29(19)38-18-22-16-25(21(3)15-20(22)2)30-26(17-34)32(35)36(24-13-11-23(33)12-14-24)27-8-6-9-28(37)31(27)30/h4-5,7,10-16,30H,6,8-9,18,35H2,1-3H3. The van der Waals surface area contributed by atoms with Crippen LogP contribution in [0.4, 0.5) is 10.1 Å². The zero-order valence-electron chi connectivity index (χ0n) is 21.8. The van der Waals surface area contributed by atoms with Gasteiger partial charge in [0.2, 0.25) is 0 Å². The van der Waals surface area contributed by atoms with Gasteiger partial charge in [-0.15, -0.1) is 11.8 Å². The zero-order chi connectivity index (χ0) is 27.0. The van der Waals surface area contributed by atoms with E-state index in [1.165, 1.54) is 33.7 Å². The van der Waals surface area contributed by atoms with Crippen LogP contribution in [0, 0.1) is 37.9 Å². The normalized spacial score (nSPS) is 17.5. The van der Waals surface area contributed by atoms with Gasteiger partial charge in [0, 0.05) is 34.0 Å². The lowest BCUT2D eigenvalue weighted by Crippen LogP contribution is -2.38. The first-order chi connectivity index (χ1) is 18.3. The predicted molar refractivity (Wildman–Crippen MR) is 151 cm³/mol. The Labute approximate surface area is 227 Å². The van der Waals surface area contributed by atoms with Crippen molar-refractivity contribution < 1.29 is 9.18 Å². The Hall–Kier alpha value is -3.82. The van der Waals surface area contributed by atoms with Crippen molar-refractivity contribution in [1.82, 2.24) is 0 Å². The Morgan fingerprint density at radius 3 is 2.47 bits per heavy atom. The number of nitrogens with two attached hydrogens (primary N) is 1. The summed E-state index contributed by atoms with van der Waals surface area (Å²) in [4.78, 5) is 16.5. The summed E-state index contributed by atoms with van der Waals surface area (Å²) in [5.74, 6) is 0.237. The van der Waals surface area contributed by atoms with E-state index in [9.17, 15) is 14.4 Å². The molecule has 1 heterocycles. The fourth-order valence-electron chi connectivity index (χ4n) is 5.54. The van der Waals surface area contributed by atoms with Crippen LogP contribution >= 0.6 is 11.8 Å². The molecule has 1 aliphatic carbocycles. The first-order valence-corrected chi connectivity index (χ1v) is 13.8. The highest BCUT2D eigenvalue weighted by Gasteiger charge is 2.41. The van der Waals surface area contributed by atoms with Gasteiger partial charge in [0.25, 0.3) is 0 Å². The van der Waals surface area contributed by atoms with Crippen LogP contribution in [-0.2, 0) is 10.5 Å². The SMILES string of the molecule is Cc1cc(C)c(C2C(C#N)=C(N)N(c3ccc(F)cc3)C3=C2C(=O)CCC3)cc1CSc1ccccc1C. The summed E-state index contributed by atoms with van der Waals surface area (Å²) in [5.41, 5.74) is 14.7. The molecule has 3 aromatic rings. The van der Waals surface area contributed by atoms with Gasteiger partial charge in [-0.3, -0.25) is 9.69 Å². The van der Waals surface area contributed by atoms with Crippen LogP contribution in [0.2, 0.25) is 0 Å². The van der Waals surface area contributed by atoms with Crippen molar-refractivity contribution in [2.75, 3.05) is 4.90 Å². The number of carbonyl (C=O) groups is 1. The number of carbonyl (C=O) groups excluding carboxylic acids is 1. The number of anilines is 1. The first kappa shape index (κ1) is 25.8. The van der Waals surface area contributed by atoms with Gasteiger partial charge in [0.15, 0.2) is 5.78 Å². The highest BCUT2D eigenvalue weighted by molar-refractivity contribution is 7.98. The summed E-state index contributed by atoms with van der Waals surface area (Å²) in [6.07, 6.45) is 1.81. The molecule has 0 saturated carbocycles. The molecule has 0 amide bonds. The largest absolute Gasteiger partial charge is 0.384 e. The Bertz CT molecular complexity index is 1530. The second-order valence-corrected chi connectivity index (χ2v) is 11.0. The quantitative estimate of drug-likeness (QED) is 0.354. The average Bonchev–Trinajstić information content (AvgIpc) is 2.89. The second-order valence-electron chi connectivity index (χ2n) is 9.98. The van der Waals surface area contributed by atoms with Crippen molar-refractivity contribution in [2.45, 2.75) is 56.6 Å². The van der Waals surface area contributed by atoms with E-state index in [-0.39, 0.29) is 11.6 Å². The third-order valence-corrected chi connectivity index (χ3v) is 8.73. The van der Waals surface area contributed by atoms with Gasteiger partial charge in [0.05, 0.1) is 17.6 Å². The summed E-state index contributed by atoms with van der Waals surface area (Å²) in [7, 11) is 0. The molecule has 0 bridgehead atoms. The minimum atomic E-state index is -0.526. The maximum Gasteiger partial charge on any atom is 0.161 e. The van der Waals surface area contributed by atoms with E-state index < -0.39 is 5.92 Å². The minimum Gasteiger partial charge on any atom is -0.384 e. The van der Waals surface area contributed by atoms with Crippen LogP contribution < -0.4 is 10.6 Å². The number of benzene rings is 3. The number of halogens is 1. The van der Waals surface area contributed by atoms with Gasteiger partial charge in [0.1, 0.15) is 11.6 Å². The van der Waals surface area contributed by atoms with Crippen LogP contribution in [0.1, 0.15) is 53.0 Å². The van der Waals surface area contributed by atoms with Gasteiger partial charge in [-0.05, 0) is 91.8 Å². The lowest BCUT2D eigenvalue weighted by atomic mass is 9.74. The van der Waals surface area contributed by atoms with Crippen LogP contribution in [0.5, 0.6) is 0 Å². The molecule has 1 aliphatic heterocycles. The van der Waals surface area contributed by atoms with E-state index in [0.29, 0.717) is 41.9 Å². The number of nitriles is 1. The number of allylic oxidation sites excluding steroid dienone is 3. The third-order valence-electron chi connectivity index (χ3n) is 7.51. The summed E-state index contributed by atoms with van der Waals surface area (Å²) in [5, 5.41) is 10.4. The number of thioether (sulfide) groups is 1. The summed E-state index contributed by atoms with van der Waals surface area (Å²) in [6.45, 7) is 6.25. The number of Topliss-reactive ketones (excluding diaryl/α,β-unsaturated/α-hetero) is 1. The maximum absolute atomic E-state index is 13.7. The molecule has 0 saturated heterocycles. The summed E-state index contributed by atoms with van der Waals surface area (Å²) >= 11 is 1.79. The third kappa shape index (κ3) is 4.63. The smallest absolute Gasteiger partial charge is 0.161 e. The highest BCUT2D eigenvalue weighted by atomic mass is 32.2. The van der Waals surface area contributed by atoms with Crippen LogP contribution in [-0.4, -0.2) is 5.78 Å². The molecule has 2 N–H and O–H groups in total. The van der Waals surface area contributed by atoms with Gasteiger partial charge >= 0.3 is 0 Å². The molecular formula is C32H30FN3OS. The van der Waals surface area contributed by atoms with Crippen molar-refractivity contribution in [3.8, 4) is 6.07 Å². The second kappa shape index (κ2) is 10.5. The fraction of sp³-hybridized carbons (Fsp3) is 0.250. The Morgan fingerprint density at radius 2 is 1.76 bits per heavy atom. The average molecular weight is 524 g/mol. The van der Waals surface area contributed by atoms with Crippen molar-refractivity contribution in [1.29, 1.82) is 5.26 Å². The van der Waals surface area contributed by atoms with E-state index in [0.717, 1.165) is 22.6 Å². The van der Waals surface area contributed by atoms with Gasteiger partial charge < -0.3 is 5.73 Å². The summed E-state index contributed by atoms with van der Waals surface area (Å²) < 4.78 is 13.7. The Kier molecular flexibility index (Phi) is 7.14. The number of aryl methyl sites for hydroxylation is 3. The predicted octanol–water partition coefficient (Wildman–Crippen LogP) is 7.35. The molecule has 38 heavy (non-hydrogen) atoms. The number of hydrogen-bond donors (Lipinski definition) is 1. The topological polar surface area (TPSA) is 70.1 Å². The molecule has 6 heteroatoms. The maximum atomic E-state index is 13.7. The summed E-state index contributed by atoms with van der Waals surface area (Å²) in [6, 6.07) is 21.0. The van der Waals surface area contributed by atoms with E-state index in [2.05, 4.69) is 44.2 Å². The van der Waals surface area contributed by atoms with Crippen LogP contribution in [0.3, 0.4) is 0 Å². The molecule has 192 valence electrons. The molecule has 0 spiro atoms. The molecule has 0 radical (unpaired) electrons. The molecule has 0 aromatic heterocycles. The van der Waals surface area contributed by atoms with Crippen molar-refractivity contribution >= 4 is 23.2 Å². The van der Waals surface area contributed by atoms with Crippen LogP contribution in [0.25, 0.3) is 0 Å².